The summed E-state index contributed by atoms with van der Waals surface area (Å²) < 4.78 is 15.6. The molecule has 1 radical (unpaired) electrons. The van der Waals surface area contributed by atoms with Gasteiger partial charge in [-0.05, 0) is 37.8 Å². The van der Waals surface area contributed by atoms with Crippen molar-refractivity contribution in [3.05, 3.63) is 29.1 Å². The molecule has 0 fully saturated rings. The number of hydrogen-bond acceptors (Lipinski definition) is 4. The zero-order valence-corrected chi connectivity index (χ0v) is 11.7. The molecule has 0 aliphatic carbocycles. The van der Waals surface area contributed by atoms with Crippen LogP contribution in [-0.2, 0) is 16.0 Å². The first-order chi connectivity index (χ1) is 9.11. The number of carbonyl (C=O) groups is 1. The van der Waals surface area contributed by atoms with Gasteiger partial charge < -0.3 is 14.2 Å². The Kier molecular flexibility index (Phi) is 4.66. The fourth-order valence-corrected chi connectivity index (χ4v) is 2.22. The number of halogens is 1. The van der Waals surface area contributed by atoms with Gasteiger partial charge in [0.1, 0.15) is 6.10 Å². The molecular weight excluding hydrogens is 268 g/mol. The Morgan fingerprint density at radius 3 is 2.79 bits per heavy atom. The van der Waals surface area contributed by atoms with Gasteiger partial charge in [0, 0.05) is 18.2 Å². The van der Waals surface area contributed by atoms with Gasteiger partial charge >= 0.3 is 0 Å². The summed E-state index contributed by atoms with van der Waals surface area (Å²) in [5.74, 6) is 1.39. The summed E-state index contributed by atoms with van der Waals surface area (Å²) in [7, 11) is 1.52. The van der Waals surface area contributed by atoms with Crippen LogP contribution < -0.4 is 9.47 Å². The normalized spacial score (nSPS) is 14.5. The second-order valence-corrected chi connectivity index (χ2v) is 4.75. The van der Waals surface area contributed by atoms with E-state index in [0.717, 1.165) is 12.0 Å². The molecule has 0 saturated carbocycles. The molecule has 2 rings (SSSR count). The number of aryl methyl sites for hydroxylation is 1. The van der Waals surface area contributed by atoms with E-state index in [4.69, 9.17) is 25.8 Å². The zero-order valence-electron chi connectivity index (χ0n) is 10.9. The first kappa shape index (κ1) is 14.2. The van der Waals surface area contributed by atoms with Crippen LogP contribution in [0.4, 0.5) is 0 Å². The molecule has 1 aromatic carbocycles. The molecule has 5 heteroatoms. The van der Waals surface area contributed by atoms with E-state index in [-0.39, 0.29) is 12.6 Å². The fourth-order valence-electron chi connectivity index (χ4n) is 1.97. The van der Waals surface area contributed by atoms with Crippen LogP contribution in [0.15, 0.2) is 12.1 Å². The van der Waals surface area contributed by atoms with Gasteiger partial charge in [0.15, 0.2) is 17.3 Å². The molecule has 0 N–H and O–H groups in total. The molecule has 0 amide bonds. The Morgan fingerprint density at radius 1 is 1.47 bits per heavy atom. The lowest BCUT2D eigenvalue weighted by Gasteiger charge is -2.11. The summed E-state index contributed by atoms with van der Waals surface area (Å²) in [5.41, 5.74) is 0.973. The quantitative estimate of drug-likeness (QED) is 0.805. The van der Waals surface area contributed by atoms with E-state index >= 15 is 0 Å². The number of fused-ring (bicyclic) bond motifs is 1. The minimum atomic E-state index is -0.451. The number of ketones is 1. The number of ether oxygens (including phenoxy) is 3. The summed E-state index contributed by atoms with van der Waals surface area (Å²) in [5, 5.41) is 0.648. The number of Topliss-reactive ketones (excluding diaryl/α,β-unsaturated/α-hetero) is 1. The Morgan fingerprint density at radius 2 is 2.16 bits per heavy atom. The van der Waals surface area contributed by atoms with Crippen molar-refractivity contribution in [3.8, 4) is 11.5 Å². The summed E-state index contributed by atoms with van der Waals surface area (Å²) in [6, 6.07) is 3.64. The van der Waals surface area contributed by atoms with E-state index < -0.39 is 6.10 Å². The highest BCUT2D eigenvalue weighted by atomic mass is 35.5. The second-order valence-electron chi connectivity index (χ2n) is 4.34. The van der Waals surface area contributed by atoms with E-state index in [1.807, 2.05) is 12.5 Å². The van der Waals surface area contributed by atoms with E-state index in [1.165, 1.54) is 14.0 Å². The maximum Gasteiger partial charge on any atom is 0.231 e. The predicted molar refractivity (Wildman–Crippen MR) is 71.7 cm³/mol. The molecular formula is C14H16ClO4. The lowest BCUT2D eigenvalue weighted by molar-refractivity contribution is -0.124. The maximum absolute atomic E-state index is 11.2. The average Bonchev–Trinajstić information content (AvgIpc) is 2.81. The fraction of sp³-hybridized carbons (Fsp3) is 0.429. The second kappa shape index (κ2) is 6.26. The van der Waals surface area contributed by atoms with E-state index in [2.05, 4.69) is 0 Å². The molecule has 1 heterocycles. The van der Waals surface area contributed by atoms with Crippen molar-refractivity contribution >= 4 is 17.4 Å². The number of methoxy groups -OCH3 is 1. The molecule has 1 atom stereocenters. The van der Waals surface area contributed by atoms with E-state index in [9.17, 15) is 4.79 Å². The van der Waals surface area contributed by atoms with Crippen LogP contribution in [0.25, 0.3) is 0 Å². The first-order valence-corrected chi connectivity index (χ1v) is 6.44. The molecule has 19 heavy (non-hydrogen) atoms. The van der Waals surface area contributed by atoms with Gasteiger partial charge in [-0.2, -0.15) is 0 Å². The first-order valence-electron chi connectivity index (χ1n) is 6.06. The Labute approximate surface area is 117 Å². The van der Waals surface area contributed by atoms with Gasteiger partial charge in [-0.1, -0.05) is 11.6 Å². The minimum Gasteiger partial charge on any atom is -0.454 e. The highest BCUT2D eigenvalue weighted by Gasteiger charge is 2.17. The van der Waals surface area contributed by atoms with Crippen molar-refractivity contribution in [1.82, 2.24) is 0 Å². The third-order valence-corrected chi connectivity index (χ3v) is 3.34. The van der Waals surface area contributed by atoms with Gasteiger partial charge in [0.25, 0.3) is 0 Å². The van der Waals surface area contributed by atoms with Crippen LogP contribution in [0.2, 0.25) is 5.02 Å². The lowest BCUT2D eigenvalue weighted by atomic mass is 10.0. The molecule has 0 saturated heterocycles. The van der Waals surface area contributed by atoms with Crippen molar-refractivity contribution < 1.29 is 19.0 Å². The SMILES string of the molecule is COC([CH]CCc1cc2c(cc1Cl)OCO2)C(C)=O. The molecule has 0 bridgehead atoms. The highest BCUT2D eigenvalue weighted by Crippen LogP contribution is 2.37. The van der Waals surface area contributed by atoms with Gasteiger partial charge in [-0.15, -0.1) is 0 Å². The Balaban J connectivity index is 1.95. The van der Waals surface area contributed by atoms with Crippen LogP contribution in [0.5, 0.6) is 11.5 Å². The summed E-state index contributed by atoms with van der Waals surface area (Å²) in [4.78, 5) is 11.2. The predicted octanol–water partition coefficient (Wildman–Crippen LogP) is 2.81. The third-order valence-electron chi connectivity index (χ3n) is 2.99. The Bertz CT molecular complexity index is 473. The zero-order chi connectivity index (χ0) is 13.8. The van der Waals surface area contributed by atoms with E-state index in [1.54, 1.807) is 6.07 Å². The van der Waals surface area contributed by atoms with Crippen LogP contribution in [0, 0.1) is 6.42 Å². The number of carbonyl (C=O) groups excluding carboxylic acids is 1. The third kappa shape index (κ3) is 3.39. The summed E-state index contributed by atoms with van der Waals surface area (Å²) in [6.45, 7) is 1.75. The monoisotopic (exact) mass is 283 g/mol. The highest BCUT2D eigenvalue weighted by molar-refractivity contribution is 6.31. The molecule has 1 aromatic rings. The van der Waals surface area contributed by atoms with Crippen molar-refractivity contribution in [1.29, 1.82) is 0 Å². The van der Waals surface area contributed by atoms with Crippen LogP contribution in [0.3, 0.4) is 0 Å². The maximum atomic E-state index is 11.2. The van der Waals surface area contributed by atoms with Crippen molar-refractivity contribution in [2.75, 3.05) is 13.9 Å². The molecule has 1 aliphatic heterocycles. The standard InChI is InChI=1S/C14H16ClO4/c1-9(16)12(17-2)5-3-4-10-6-13-14(7-11(10)15)19-8-18-13/h5-7,12H,3-4,8H2,1-2H3. The van der Waals surface area contributed by atoms with Crippen molar-refractivity contribution in [3.63, 3.8) is 0 Å². The molecule has 4 nitrogen and oxygen atoms in total. The topological polar surface area (TPSA) is 44.8 Å². The van der Waals surface area contributed by atoms with Crippen LogP contribution >= 0.6 is 11.6 Å². The van der Waals surface area contributed by atoms with Crippen molar-refractivity contribution in [2.24, 2.45) is 0 Å². The summed E-state index contributed by atoms with van der Waals surface area (Å²) in [6.07, 6.45) is 2.83. The molecule has 103 valence electrons. The molecule has 0 spiro atoms. The van der Waals surface area contributed by atoms with Gasteiger partial charge in [0.2, 0.25) is 6.79 Å². The molecule has 1 aliphatic rings. The van der Waals surface area contributed by atoms with Gasteiger partial charge in [-0.3, -0.25) is 4.79 Å². The van der Waals surface area contributed by atoms with Crippen LogP contribution in [0.1, 0.15) is 18.9 Å². The average molecular weight is 284 g/mol. The van der Waals surface area contributed by atoms with Crippen LogP contribution in [-0.4, -0.2) is 25.8 Å². The van der Waals surface area contributed by atoms with Gasteiger partial charge in [-0.25, -0.2) is 0 Å². The van der Waals surface area contributed by atoms with Crippen molar-refractivity contribution in [2.45, 2.75) is 25.9 Å². The van der Waals surface area contributed by atoms with E-state index in [0.29, 0.717) is 22.9 Å². The number of hydrogen-bond donors (Lipinski definition) is 0. The minimum absolute atomic E-state index is 0.000663. The number of benzene rings is 1. The summed E-state index contributed by atoms with van der Waals surface area (Å²) >= 11 is 6.17. The number of rotatable bonds is 6. The molecule has 1 unspecified atom stereocenters. The van der Waals surface area contributed by atoms with Gasteiger partial charge in [0.05, 0.1) is 0 Å². The molecule has 0 aromatic heterocycles. The lowest BCUT2D eigenvalue weighted by Crippen LogP contribution is -2.20. The Hall–Kier alpha value is -1.26. The largest absolute Gasteiger partial charge is 0.454 e. The smallest absolute Gasteiger partial charge is 0.231 e.